The van der Waals surface area contributed by atoms with Crippen LogP contribution in [0.2, 0.25) is 0 Å². The summed E-state index contributed by atoms with van der Waals surface area (Å²) in [4.78, 5) is 15.7. The second-order valence-electron chi connectivity index (χ2n) is 6.26. The fourth-order valence-electron chi connectivity index (χ4n) is 3.80. The molecule has 0 saturated carbocycles. The number of benzene rings is 1. The van der Waals surface area contributed by atoms with Crippen molar-refractivity contribution in [3.8, 4) is 0 Å². The molecule has 22 heavy (non-hydrogen) atoms. The fourth-order valence-corrected chi connectivity index (χ4v) is 3.80. The Hall–Kier alpha value is -1.62. The third kappa shape index (κ3) is 3.09. The number of rotatable bonds is 3. The molecule has 1 unspecified atom stereocenters. The van der Waals surface area contributed by atoms with Crippen LogP contribution in [0.25, 0.3) is 0 Å². The summed E-state index contributed by atoms with van der Waals surface area (Å²) in [6.45, 7) is 2.45. The summed E-state index contributed by atoms with van der Waals surface area (Å²) in [5, 5.41) is 9.40. The summed E-state index contributed by atoms with van der Waals surface area (Å²) < 4.78 is 13.9. The molecule has 120 valence electrons. The van der Waals surface area contributed by atoms with Crippen LogP contribution >= 0.6 is 0 Å². The lowest BCUT2D eigenvalue weighted by atomic mass is 9.95. The molecule has 4 nitrogen and oxygen atoms in total. The van der Waals surface area contributed by atoms with Gasteiger partial charge < -0.3 is 10.0 Å². The summed E-state index contributed by atoms with van der Waals surface area (Å²) in [6, 6.07) is 6.85. The predicted molar refractivity (Wildman–Crippen MR) is 83.6 cm³/mol. The average Bonchev–Trinajstić information content (AvgIpc) is 2.55. The summed E-state index contributed by atoms with van der Waals surface area (Å²) in [7, 11) is 0. The first-order chi connectivity index (χ1) is 10.7. The van der Waals surface area contributed by atoms with Gasteiger partial charge in [0.15, 0.2) is 0 Å². The summed E-state index contributed by atoms with van der Waals surface area (Å²) >= 11 is 0. The molecule has 1 atom stereocenters. The minimum atomic E-state index is -0.698. The van der Waals surface area contributed by atoms with E-state index in [-0.39, 0.29) is 11.9 Å². The molecule has 2 heterocycles. The van der Waals surface area contributed by atoms with Gasteiger partial charge in [0.1, 0.15) is 11.9 Å². The van der Waals surface area contributed by atoms with Crippen molar-refractivity contribution in [3.63, 3.8) is 0 Å². The monoisotopic (exact) mass is 306 g/mol. The maximum Gasteiger partial charge on any atom is 0.320 e. The zero-order chi connectivity index (χ0) is 15.5. The minimum absolute atomic E-state index is 0.178. The van der Waals surface area contributed by atoms with Crippen molar-refractivity contribution in [2.45, 2.75) is 44.2 Å². The smallest absolute Gasteiger partial charge is 0.320 e. The van der Waals surface area contributed by atoms with Crippen LogP contribution in [0.5, 0.6) is 0 Å². The maximum absolute atomic E-state index is 13.9. The van der Waals surface area contributed by atoms with Crippen molar-refractivity contribution >= 4 is 11.7 Å². The average molecular weight is 306 g/mol. The second-order valence-corrected chi connectivity index (χ2v) is 6.26. The van der Waals surface area contributed by atoms with E-state index in [1.807, 2.05) is 12.1 Å². The van der Waals surface area contributed by atoms with Crippen LogP contribution in [0.4, 0.5) is 10.1 Å². The lowest BCUT2D eigenvalue weighted by Crippen LogP contribution is -2.53. The molecule has 5 heteroatoms. The molecule has 0 aliphatic carbocycles. The van der Waals surface area contributed by atoms with Gasteiger partial charge in [0.25, 0.3) is 0 Å². The number of anilines is 1. The Morgan fingerprint density at radius 2 is 1.82 bits per heavy atom. The lowest BCUT2D eigenvalue weighted by Gasteiger charge is -2.43. The van der Waals surface area contributed by atoms with E-state index in [4.69, 9.17) is 0 Å². The molecule has 0 bridgehead atoms. The van der Waals surface area contributed by atoms with E-state index in [1.54, 1.807) is 6.07 Å². The largest absolute Gasteiger partial charge is 0.480 e. The quantitative estimate of drug-likeness (QED) is 0.932. The Kier molecular flexibility index (Phi) is 4.62. The third-order valence-corrected chi connectivity index (χ3v) is 4.96. The molecular weight excluding hydrogens is 283 g/mol. The predicted octanol–water partition coefficient (Wildman–Crippen LogP) is 2.73. The van der Waals surface area contributed by atoms with E-state index in [9.17, 15) is 14.3 Å². The number of halogens is 1. The first kappa shape index (κ1) is 15.3. The molecule has 2 aliphatic heterocycles. The molecule has 2 aliphatic rings. The number of aliphatic carboxylic acids is 1. The van der Waals surface area contributed by atoms with E-state index >= 15 is 0 Å². The Morgan fingerprint density at radius 1 is 1.09 bits per heavy atom. The Morgan fingerprint density at radius 3 is 2.50 bits per heavy atom. The van der Waals surface area contributed by atoms with E-state index in [0.29, 0.717) is 11.7 Å². The molecule has 2 fully saturated rings. The number of para-hydroxylation sites is 1. The van der Waals surface area contributed by atoms with Gasteiger partial charge in [-0.25, -0.2) is 4.39 Å². The number of hydrogen-bond donors (Lipinski definition) is 1. The highest BCUT2D eigenvalue weighted by molar-refractivity contribution is 5.73. The van der Waals surface area contributed by atoms with E-state index in [2.05, 4.69) is 9.80 Å². The van der Waals surface area contributed by atoms with E-state index in [0.717, 1.165) is 51.7 Å². The SMILES string of the molecule is O=C(O)C1CCCCN1C1CCN(c2ccccc2F)CC1. The Bertz CT molecular complexity index is 529. The molecular formula is C17H23FN2O2. The number of carboxylic acids is 1. The van der Waals surface area contributed by atoms with Gasteiger partial charge in [0.2, 0.25) is 0 Å². The van der Waals surface area contributed by atoms with E-state index in [1.165, 1.54) is 6.07 Å². The van der Waals surface area contributed by atoms with Crippen LogP contribution in [-0.2, 0) is 4.79 Å². The summed E-state index contributed by atoms with van der Waals surface area (Å²) in [5.41, 5.74) is 0.661. The zero-order valence-electron chi connectivity index (χ0n) is 12.7. The number of piperidine rings is 2. The third-order valence-electron chi connectivity index (χ3n) is 4.96. The van der Waals surface area contributed by atoms with Crippen LogP contribution in [0.15, 0.2) is 24.3 Å². The first-order valence-corrected chi connectivity index (χ1v) is 8.15. The van der Waals surface area contributed by atoms with Crippen molar-refractivity contribution < 1.29 is 14.3 Å². The van der Waals surface area contributed by atoms with Crippen molar-refractivity contribution in [1.29, 1.82) is 0 Å². The van der Waals surface area contributed by atoms with Gasteiger partial charge in [-0.05, 0) is 44.4 Å². The molecule has 0 spiro atoms. The molecule has 1 aromatic carbocycles. The molecule has 1 aromatic rings. The zero-order valence-corrected chi connectivity index (χ0v) is 12.7. The maximum atomic E-state index is 13.9. The van der Waals surface area contributed by atoms with Crippen molar-refractivity contribution in [2.24, 2.45) is 0 Å². The van der Waals surface area contributed by atoms with Crippen LogP contribution in [0.3, 0.4) is 0 Å². The number of likely N-dealkylation sites (tertiary alicyclic amines) is 1. The Labute approximate surface area is 130 Å². The number of carbonyl (C=O) groups is 1. The van der Waals surface area contributed by atoms with Gasteiger partial charge in [-0.3, -0.25) is 9.69 Å². The van der Waals surface area contributed by atoms with Crippen molar-refractivity contribution in [3.05, 3.63) is 30.1 Å². The Balaban J connectivity index is 1.64. The topological polar surface area (TPSA) is 43.8 Å². The van der Waals surface area contributed by atoms with Crippen LogP contribution in [0.1, 0.15) is 32.1 Å². The standard InChI is InChI=1S/C17H23FN2O2/c18-14-5-1-2-6-15(14)19-11-8-13(9-12-19)20-10-4-3-7-16(20)17(21)22/h1-2,5-6,13,16H,3-4,7-12H2,(H,21,22). The molecule has 0 radical (unpaired) electrons. The van der Waals surface area contributed by atoms with Gasteiger partial charge >= 0.3 is 5.97 Å². The molecule has 1 N–H and O–H groups in total. The lowest BCUT2D eigenvalue weighted by molar-refractivity contribution is -0.146. The van der Waals surface area contributed by atoms with Gasteiger partial charge in [0, 0.05) is 19.1 Å². The number of hydrogen-bond acceptors (Lipinski definition) is 3. The van der Waals surface area contributed by atoms with Crippen LogP contribution in [0, 0.1) is 5.82 Å². The van der Waals surface area contributed by atoms with Crippen LogP contribution < -0.4 is 4.90 Å². The molecule has 0 amide bonds. The van der Waals surface area contributed by atoms with Crippen molar-refractivity contribution in [2.75, 3.05) is 24.5 Å². The van der Waals surface area contributed by atoms with Gasteiger partial charge in [0.05, 0.1) is 5.69 Å². The highest BCUT2D eigenvalue weighted by Gasteiger charge is 2.35. The number of carboxylic acid groups (broad SMARTS) is 1. The fraction of sp³-hybridized carbons (Fsp3) is 0.588. The van der Waals surface area contributed by atoms with Crippen LogP contribution in [-0.4, -0.2) is 47.7 Å². The normalized spacial score (nSPS) is 24.4. The molecule has 3 rings (SSSR count). The van der Waals surface area contributed by atoms with Gasteiger partial charge in [-0.2, -0.15) is 0 Å². The first-order valence-electron chi connectivity index (χ1n) is 8.15. The number of nitrogens with zero attached hydrogens (tertiary/aromatic N) is 2. The molecule has 2 saturated heterocycles. The van der Waals surface area contributed by atoms with Crippen molar-refractivity contribution in [1.82, 2.24) is 4.90 Å². The van der Waals surface area contributed by atoms with Gasteiger partial charge in [-0.15, -0.1) is 0 Å². The second kappa shape index (κ2) is 6.65. The van der Waals surface area contributed by atoms with Gasteiger partial charge in [-0.1, -0.05) is 18.6 Å². The van der Waals surface area contributed by atoms with E-state index < -0.39 is 5.97 Å². The summed E-state index contributed by atoms with van der Waals surface area (Å²) in [5.74, 6) is -0.876. The highest BCUT2D eigenvalue weighted by atomic mass is 19.1. The highest BCUT2D eigenvalue weighted by Crippen LogP contribution is 2.28. The summed E-state index contributed by atoms with van der Waals surface area (Å²) in [6.07, 6.45) is 4.64. The molecule has 0 aromatic heterocycles. The minimum Gasteiger partial charge on any atom is -0.480 e.